The number of nitrogens with one attached hydrogen (secondary N) is 2. The maximum atomic E-state index is 11.8. The second-order valence-electron chi connectivity index (χ2n) is 5.56. The number of carbonyl (C=O) groups excluding carboxylic acids is 1. The standard InChI is InChI=1S/C18H21N3O3S/c1-14-3-2-4-15(11-14)12-25-13-18(22)20-10-9-19-16-5-7-17(8-6-16)21(23)24/h2-8,11,19H,9-10,12-13H2,1H3,(H,20,22). The summed E-state index contributed by atoms with van der Waals surface area (Å²) < 4.78 is 0. The van der Waals surface area contributed by atoms with Crippen LogP contribution >= 0.6 is 11.8 Å². The molecular weight excluding hydrogens is 338 g/mol. The van der Waals surface area contributed by atoms with Crippen molar-refractivity contribution >= 4 is 29.0 Å². The van der Waals surface area contributed by atoms with Gasteiger partial charge in [0.1, 0.15) is 0 Å². The highest BCUT2D eigenvalue weighted by atomic mass is 32.2. The molecule has 0 atom stereocenters. The van der Waals surface area contributed by atoms with E-state index in [1.54, 1.807) is 23.9 Å². The molecule has 2 rings (SSSR count). The monoisotopic (exact) mass is 359 g/mol. The van der Waals surface area contributed by atoms with Crippen LogP contribution < -0.4 is 10.6 Å². The van der Waals surface area contributed by atoms with Gasteiger partial charge in [0.2, 0.25) is 5.91 Å². The van der Waals surface area contributed by atoms with Crippen molar-refractivity contribution in [3.05, 3.63) is 69.8 Å². The summed E-state index contributed by atoms with van der Waals surface area (Å²) in [6.07, 6.45) is 0. The lowest BCUT2D eigenvalue weighted by Crippen LogP contribution is -2.30. The SMILES string of the molecule is Cc1cccc(CSCC(=O)NCCNc2ccc([N+](=O)[O-])cc2)c1. The average molecular weight is 359 g/mol. The second kappa shape index (κ2) is 9.68. The third-order valence-corrected chi connectivity index (χ3v) is 4.44. The largest absolute Gasteiger partial charge is 0.383 e. The van der Waals surface area contributed by atoms with Crippen molar-refractivity contribution in [2.24, 2.45) is 0 Å². The van der Waals surface area contributed by atoms with Crippen molar-refractivity contribution in [2.75, 3.05) is 24.2 Å². The normalized spacial score (nSPS) is 10.3. The Morgan fingerprint density at radius 3 is 2.60 bits per heavy atom. The molecule has 0 fully saturated rings. The number of nitro groups is 1. The first-order valence-corrected chi connectivity index (χ1v) is 9.08. The Labute approximate surface area is 151 Å². The van der Waals surface area contributed by atoms with E-state index in [1.807, 2.05) is 6.07 Å². The molecule has 0 saturated carbocycles. The van der Waals surface area contributed by atoms with Gasteiger partial charge < -0.3 is 10.6 Å². The third kappa shape index (κ3) is 6.84. The van der Waals surface area contributed by atoms with E-state index in [2.05, 4.69) is 35.8 Å². The van der Waals surface area contributed by atoms with Gasteiger partial charge in [-0.25, -0.2) is 0 Å². The van der Waals surface area contributed by atoms with Gasteiger partial charge in [0, 0.05) is 36.7 Å². The molecule has 0 saturated heterocycles. The molecule has 0 aromatic heterocycles. The Bertz CT molecular complexity index is 720. The minimum absolute atomic E-state index is 0.00292. The summed E-state index contributed by atoms with van der Waals surface area (Å²) in [5.41, 5.74) is 3.29. The number of nitro benzene ring substituents is 1. The molecule has 0 aliphatic heterocycles. The smallest absolute Gasteiger partial charge is 0.269 e. The fraction of sp³-hybridized carbons (Fsp3) is 0.278. The Hall–Kier alpha value is -2.54. The van der Waals surface area contributed by atoms with Crippen molar-refractivity contribution in [2.45, 2.75) is 12.7 Å². The van der Waals surface area contributed by atoms with Gasteiger partial charge in [-0.3, -0.25) is 14.9 Å². The van der Waals surface area contributed by atoms with E-state index in [1.165, 1.54) is 23.3 Å². The Morgan fingerprint density at radius 2 is 1.92 bits per heavy atom. The van der Waals surface area contributed by atoms with Gasteiger partial charge in [-0.2, -0.15) is 0 Å². The maximum absolute atomic E-state index is 11.8. The van der Waals surface area contributed by atoms with Crippen LogP contribution in [0.4, 0.5) is 11.4 Å². The van der Waals surface area contributed by atoms with E-state index >= 15 is 0 Å². The molecule has 6 nitrogen and oxygen atoms in total. The zero-order valence-electron chi connectivity index (χ0n) is 14.0. The number of nitrogens with zero attached hydrogens (tertiary/aromatic N) is 1. The fourth-order valence-corrected chi connectivity index (χ4v) is 3.03. The first-order chi connectivity index (χ1) is 12.0. The number of hydrogen-bond acceptors (Lipinski definition) is 5. The van der Waals surface area contributed by atoms with Crippen molar-refractivity contribution in [1.29, 1.82) is 0 Å². The van der Waals surface area contributed by atoms with E-state index in [-0.39, 0.29) is 11.6 Å². The van der Waals surface area contributed by atoms with Gasteiger partial charge in [0.05, 0.1) is 10.7 Å². The van der Waals surface area contributed by atoms with Crippen molar-refractivity contribution in [3.8, 4) is 0 Å². The predicted molar refractivity (Wildman–Crippen MR) is 102 cm³/mol. The number of amides is 1. The molecule has 1 amide bonds. The maximum Gasteiger partial charge on any atom is 0.269 e. The lowest BCUT2D eigenvalue weighted by molar-refractivity contribution is -0.384. The topological polar surface area (TPSA) is 84.3 Å². The second-order valence-corrected chi connectivity index (χ2v) is 6.55. The number of anilines is 1. The summed E-state index contributed by atoms with van der Waals surface area (Å²) in [6.45, 7) is 3.12. The predicted octanol–water partition coefficient (Wildman–Crippen LogP) is 3.36. The molecule has 0 aliphatic rings. The van der Waals surface area contributed by atoms with Crippen LogP contribution in [0.15, 0.2) is 48.5 Å². The Morgan fingerprint density at radius 1 is 1.16 bits per heavy atom. The highest BCUT2D eigenvalue weighted by Crippen LogP contribution is 2.15. The highest BCUT2D eigenvalue weighted by molar-refractivity contribution is 7.99. The number of rotatable bonds is 9. The minimum atomic E-state index is -0.432. The zero-order chi connectivity index (χ0) is 18.1. The number of thioether (sulfide) groups is 1. The van der Waals surface area contributed by atoms with Gasteiger partial charge >= 0.3 is 0 Å². The summed E-state index contributed by atoms with van der Waals surface area (Å²) in [4.78, 5) is 21.9. The molecular formula is C18H21N3O3S. The molecule has 0 radical (unpaired) electrons. The molecule has 2 aromatic carbocycles. The van der Waals surface area contributed by atoms with Crippen LogP contribution in [0.25, 0.3) is 0 Å². The number of benzene rings is 2. The van der Waals surface area contributed by atoms with Crippen LogP contribution in [0.2, 0.25) is 0 Å². The van der Waals surface area contributed by atoms with Gasteiger partial charge in [-0.15, -0.1) is 11.8 Å². The Balaban J connectivity index is 1.59. The molecule has 0 spiro atoms. The molecule has 0 aliphatic carbocycles. The number of hydrogen-bond donors (Lipinski definition) is 2. The number of non-ortho nitro benzene ring substituents is 1. The molecule has 2 N–H and O–H groups in total. The van der Waals surface area contributed by atoms with Gasteiger partial charge in [0.25, 0.3) is 5.69 Å². The lowest BCUT2D eigenvalue weighted by Gasteiger charge is -2.08. The zero-order valence-corrected chi connectivity index (χ0v) is 14.8. The molecule has 132 valence electrons. The summed E-state index contributed by atoms with van der Waals surface area (Å²) in [5.74, 6) is 1.24. The summed E-state index contributed by atoms with van der Waals surface area (Å²) in [5, 5.41) is 16.5. The van der Waals surface area contributed by atoms with Gasteiger partial charge in [0.15, 0.2) is 0 Å². The van der Waals surface area contributed by atoms with Gasteiger partial charge in [-0.1, -0.05) is 29.8 Å². The van der Waals surface area contributed by atoms with Crippen LogP contribution in [-0.4, -0.2) is 29.7 Å². The van der Waals surface area contributed by atoms with Gasteiger partial charge in [-0.05, 0) is 24.6 Å². The number of aryl methyl sites for hydroxylation is 1. The van der Waals surface area contributed by atoms with Crippen LogP contribution in [0.1, 0.15) is 11.1 Å². The average Bonchev–Trinajstić information content (AvgIpc) is 2.59. The van der Waals surface area contributed by atoms with Crippen molar-refractivity contribution < 1.29 is 9.72 Å². The van der Waals surface area contributed by atoms with E-state index in [0.29, 0.717) is 18.8 Å². The lowest BCUT2D eigenvalue weighted by atomic mass is 10.2. The minimum Gasteiger partial charge on any atom is -0.383 e. The molecule has 0 bridgehead atoms. The third-order valence-electron chi connectivity index (χ3n) is 3.44. The molecule has 7 heteroatoms. The Kier molecular flexibility index (Phi) is 7.28. The molecule has 25 heavy (non-hydrogen) atoms. The van der Waals surface area contributed by atoms with Crippen LogP contribution in [0, 0.1) is 17.0 Å². The summed E-state index contributed by atoms with van der Waals surface area (Å²) in [6, 6.07) is 14.5. The summed E-state index contributed by atoms with van der Waals surface area (Å²) >= 11 is 1.59. The van der Waals surface area contributed by atoms with E-state index in [0.717, 1.165) is 11.4 Å². The van der Waals surface area contributed by atoms with Crippen LogP contribution in [0.3, 0.4) is 0 Å². The molecule has 0 unspecified atom stereocenters. The van der Waals surface area contributed by atoms with E-state index in [9.17, 15) is 14.9 Å². The van der Waals surface area contributed by atoms with Crippen LogP contribution in [0.5, 0.6) is 0 Å². The van der Waals surface area contributed by atoms with Crippen LogP contribution in [-0.2, 0) is 10.5 Å². The molecule has 0 heterocycles. The highest BCUT2D eigenvalue weighted by Gasteiger charge is 2.04. The first-order valence-electron chi connectivity index (χ1n) is 7.93. The quantitative estimate of drug-likeness (QED) is 0.407. The first kappa shape index (κ1) is 18.8. The van der Waals surface area contributed by atoms with Crippen molar-refractivity contribution in [3.63, 3.8) is 0 Å². The van der Waals surface area contributed by atoms with Crippen molar-refractivity contribution in [1.82, 2.24) is 5.32 Å². The summed E-state index contributed by atoms with van der Waals surface area (Å²) in [7, 11) is 0. The van der Waals surface area contributed by atoms with E-state index in [4.69, 9.17) is 0 Å². The number of carbonyl (C=O) groups is 1. The molecule has 2 aromatic rings. The fourth-order valence-electron chi connectivity index (χ4n) is 2.22. The van der Waals surface area contributed by atoms with E-state index < -0.39 is 4.92 Å².